The summed E-state index contributed by atoms with van der Waals surface area (Å²) in [4.78, 5) is 21.3. The van der Waals surface area contributed by atoms with Crippen molar-refractivity contribution in [1.29, 1.82) is 0 Å². The van der Waals surface area contributed by atoms with Gasteiger partial charge in [-0.25, -0.2) is 8.42 Å². The molecule has 3 aromatic rings. The van der Waals surface area contributed by atoms with E-state index in [9.17, 15) is 13.2 Å². The van der Waals surface area contributed by atoms with Crippen LogP contribution in [0.5, 0.6) is 0 Å². The van der Waals surface area contributed by atoms with E-state index in [4.69, 9.17) is 0 Å². The Hall–Kier alpha value is -3.53. The minimum atomic E-state index is -3.51. The third-order valence-corrected chi connectivity index (χ3v) is 6.75. The van der Waals surface area contributed by atoms with E-state index < -0.39 is 10.0 Å². The van der Waals surface area contributed by atoms with Crippen molar-refractivity contribution in [2.75, 3.05) is 16.4 Å². The molecule has 0 aliphatic carbocycles. The van der Waals surface area contributed by atoms with E-state index in [1.807, 2.05) is 19.1 Å². The molecule has 2 N–H and O–H groups in total. The lowest BCUT2D eigenvalue weighted by Crippen LogP contribution is -2.17. The number of pyridine rings is 2. The van der Waals surface area contributed by atoms with Crippen LogP contribution in [0.4, 0.5) is 11.5 Å². The summed E-state index contributed by atoms with van der Waals surface area (Å²) in [5, 5.41) is 10.0. The largest absolute Gasteiger partial charge is 0.342 e. The Labute approximate surface area is 180 Å². The molecule has 0 fully saturated rings. The summed E-state index contributed by atoms with van der Waals surface area (Å²) in [6, 6.07) is 5.38. The minimum Gasteiger partial charge on any atom is -0.342 e. The number of nitrogens with zero attached hydrogens (tertiary/aromatic N) is 4. The molecule has 0 spiro atoms. The molecule has 1 aliphatic heterocycles. The predicted octanol–water partition coefficient (Wildman–Crippen LogP) is 2.95. The monoisotopic (exact) mass is 438 g/mol. The second-order valence-electron chi connectivity index (χ2n) is 7.30. The van der Waals surface area contributed by atoms with Crippen molar-refractivity contribution < 1.29 is 13.2 Å². The number of carbonyl (C=O) groups excluding carboxylic acids is 1. The van der Waals surface area contributed by atoms with Crippen molar-refractivity contribution in [3.05, 3.63) is 59.3 Å². The Kier molecular flexibility index (Phi) is 5.10. The number of hydrogen-bond acceptors (Lipinski definition) is 7. The zero-order valence-electron chi connectivity index (χ0n) is 17.6. The van der Waals surface area contributed by atoms with Crippen LogP contribution in [0.3, 0.4) is 0 Å². The van der Waals surface area contributed by atoms with Gasteiger partial charge in [0.15, 0.2) is 5.82 Å². The fourth-order valence-electron chi connectivity index (χ4n) is 3.50. The molecule has 4 rings (SSSR count). The van der Waals surface area contributed by atoms with Crippen molar-refractivity contribution in [1.82, 2.24) is 19.2 Å². The van der Waals surface area contributed by atoms with Gasteiger partial charge in [-0.05, 0) is 45.4 Å². The number of aromatic nitrogens is 4. The predicted molar refractivity (Wildman–Crippen MR) is 119 cm³/mol. The number of anilines is 2. The van der Waals surface area contributed by atoms with Gasteiger partial charge in [0.25, 0.3) is 15.9 Å². The van der Waals surface area contributed by atoms with Crippen LogP contribution in [0.15, 0.2) is 42.5 Å². The Balaban J connectivity index is 1.74. The summed E-state index contributed by atoms with van der Waals surface area (Å²) in [6.07, 6.45) is 5.09. The van der Waals surface area contributed by atoms with Gasteiger partial charge in [0.1, 0.15) is 0 Å². The first-order valence-corrected chi connectivity index (χ1v) is 11.3. The van der Waals surface area contributed by atoms with Crippen molar-refractivity contribution in [2.45, 2.75) is 27.7 Å². The van der Waals surface area contributed by atoms with Gasteiger partial charge < -0.3 is 10.6 Å². The molecule has 10 heteroatoms. The van der Waals surface area contributed by atoms with Gasteiger partial charge in [-0.2, -0.15) is 4.09 Å². The summed E-state index contributed by atoms with van der Waals surface area (Å²) in [6.45, 7) is 6.95. The maximum absolute atomic E-state index is 12.7. The third-order valence-electron chi connectivity index (χ3n) is 5.13. The first-order valence-electron chi connectivity index (χ1n) is 9.72. The van der Waals surface area contributed by atoms with E-state index >= 15 is 0 Å². The highest BCUT2D eigenvalue weighted by atomic mass is 32.2. The second kappa shape index (κ2) is 7.62. The Bertz CT molecular complexity index is 1340. The Morgan fingerprint density at radius 3 is 2.68 bits per heavy atom. The number of aryl methyl sites for hydroxylation is 2. The normalized spacial score (nSPS) is 14.9. The lowest BCUT2D eigenvalue weighted by Gasteiger charge is -2.09. The fourth-order valence-corrected chi connectivity index (χ4v) is 4.45. The molecule has 0 saturated carbocycles. The van der Waals surface area contributed by atoms with E-state index in [2.05, 4.69) is 25.7 Å². The van der Waals surface area contributed by atoms with Gasteiger partial charge in [-0.3, -0.25) is 14.8 Å². The van der Waals surface area contributed by atoms with Gasteiger partial charge in [-0.1, -0.05) is 0 Å². The van der Waals surface area contributed by atoms with Gasteiger partial charge in [0.05, 0.1) is 34.6 Å². The maximum atomic E-state index is 12.7. The molecule has 3 aromatic heterocycles. The molecule has 0 unspecified atom stereocenters. The molecule has 0 bridgehead atoms. The molecule has 31 heavy (non-hydrogen) atoms. The molecular weight excluding hydrogens is 416 g/mol. The minimum absolute atomic E-state index is 0.0612. The van der Waals surface area contributed by atoms with Crippen LogP contribution < -0.4 is 10.6 Å². The molecule has 160 valence electrons. The molecule has 9 nitrogen and oxygen atoms in total. The third kappa shape index (κ3) is 3.70. The van der Waals surface area contributed by atoms with Crippen LogP contribution in [-0.4, -0.2) is 39.2 Å². The van der Waals surface area contributed by atoms with Crippen molar-refractivity contribution in [2.24, 2.45) is 0 Å². The van der Waals surface area contributed by atoms with Crippen LogP contribution in [0.1, 0.15) is 30.7 Å². The van der Waals surface area contributed by atoms with E-state index in [1.165, 1.54) is 0 Å². The highest BCUT2D eigenvalue weighted by Crippen LogP contribution is 2.36. The topological polar surface area (TPSA) is 119 Å². The highest BCUT2D eigenvalue weighted by molar-refractivity contribution is 7.89. The zero-order valence-corrected chi connectivity index (χ0v) is 18.4. The number of nitrogens with one attached hydrogen (secondary N) is 2. The molecule has 0 radical (unpaired) electrons. The zero-order chi connectivity index (χ0) is 22.3. The van der Waals surface area contributed by atoms with Crippen molar-refractivity contribution in [3.8, 4) is 11.3 Å². The van der Waals surface area contributed by atoms with Gasteiger partial charge in [0.2, 0.25) is 0 Å². The fraction of sp³-hybridized carbons (Fsp3) is 0.238. The van der Waals surface area contributed by atoms with Crippen molar-refractivity contribution in [3.63, 3.8) is 0 Å². The smallest absolute Gasteiger partial charge is 0.258 e. The molecular formula is C21H22N6O3S. The number of allylic oxidation sites excluding steroid dienone is 1. The van der Waals surface area contributed by atoms with E-state index in [0.717, 1.165) is 15.2 Å². The van der Waals surface area contributed by atoms with Crippen LogP contribution in [0.2, 0.25) is 0 Å². The first kappa shape index (κ1) is 20.7. The van der Waals surface area contributed by atoms with E-state index in [0.29, 0.717) is 39.7 Å². The van der Waals surface area contributed by atoms with Gasteiger partial charge >= 0.3 is 0 Å². The van der Waals surface area contributed by atoms with Crippen LogP contribution in [0.25, 0.3) is 16.8 Å². The second-order valence-corrected chi connectivity index (χ2v) is 9.39. The highest BCUT2D eigenvalue weighted by Gasteiger charge is 2.28. The van der Waals surface area contributed by atoms with Crippen LogP contribution in [0, 0.1) is 13.8 Å². The summed E-state index contributed by atoms with van der Waals surface area (Å²) in [7, 11) is -3.51. The number of amides is 1. The van der Waals surface area contributed by atoms with E-state index in [1.54, 1.807) is 45.4 Å². The Morgan fingerprint density at radius 2 is 1.97 bits per heavy atom. The van der Waals surface area contributed by atoms with E-state index in [-0.39, 0.29) is 11.7 Å². The molecule has 0 aromatic carbocycles. The summed E-state index contributed by atoms with van der Waals surface area (Å²) in [5.41, 5.74) is 5.42. The lowest BCUT2D eigenvalue weighted by molar-refractivity contribution is -0.110. The van der Waals surface area contributed by atoms with Crippen LogP contribution >= 0.6 is 0 Å². The number of fused-ring (bicyclic) bond motifs is 1. The lowest BCUT2D eigenvalue weighted by atomic mass is 10.0. The van der Waals surface area contributed by atoms with Crippen molar-refractivity contribution >= 4 is 33.0 Å². The first-order chi connectivity index (χ1) is 14.7. The van der Waals surface area contributed by atoms with Crippen LogP contribution in [-0.2, 0) is 14.8 Å². The molecule has 0 atom stereocenters. The summed E-state index contributed by atoms with van der Waals surface area (Å²) >= 11 is 0. The SMILES string of the molecule is CCS(=O)(=O)n1nc(NC(C)=C2C(=O)Nc3cnc(-c4cnccc4C)cc32)cc1C. The van der Waals surface area contributed by atoms with Gasteiger partial charge in [0, 0.05) is 35.3 Å². The summed E-state index contributed by atoms with van der Waals surface area (Å²) in [5.74, 6) is 0.0197. The molecule has 1 amide bonds. The maximum Gasteiger partial charge on any atom is 0.258 e. The molecule has 1 aliphatic rings. The Morgan fingerprint density at radius 1 is 1.19 bits per heavy atom. The summed E-state index contributed by atoms with van der Waals surface area (Å²) < 4.78 is 25.4. The standard InChI is InChI=1S/C21H22N6O3S/c1-5-31(29,30)27-13(3)8-19(26-27)24-14(4)20-15-9-17(16-10-22-7-6-12(16)2)23-11-18(15)25-21(20)28/h6-11H,5H2,1-4H3,(H,24,26)(H,25,28). The molecule has 0 saturated heterocycles. The quantitative estimate of drug-likeness (QED) is 0.588. The number of carbonyl (C=O) groups is 1. The average molecular weight is 439 g/mol. The number of rotatable bonds is 5. The number of hydrogen-bond donors (Lipinski definition) is 2. The average Bonchev–Trinajstić information content (AvgIpc) is 3.26. The van der Waals surface area contributed by atoms with Gasteiger partial charge in [-0.15, -0.1) is 5.10 Å². The molecule has 4 heterocycles.